The summed E-state index contributed by atoms with van der Waals surface area (Å²) in [5.41, 5.74) is 1.84. The largest absolute Gasteiger partial charge is 0.480 e. The number of hydrogen-bond acceptors (Lipinski definition) is 3. The number of carboxylic acids is 1. The Morgan fingerprint density at radius 2 is 2.00 bits per heavy atom. The zero-order chi connectivity index (χ0) is 13.8. The van der Waals surface area contributed by atoms with Gasteiger partial charge in [-0.05, 0) is 28.8 Å². The Morgan fingerprint density at radius 1 is 1.21 bits per heavy atom. The number of aliphatic hydroxyl groups is 1. The van der Waals surface area contributed by atoms with Crippen LogP contribution in [0.3, 0.4) is 0 Å². The molecule has 5 nitrogen and oxygen atoms in total. The molecule has 1 radical (unpaired) electrons. The Kier molecular flexibility index (Phi) is 3.77. The molecule has 5 heteroatoms. The molecule has 2 rings (SSSR count). The molecule has 0 aliphatic heterocycles. The van der Waals surface area contributed by atoms with Crippen LogP contribution in [0.1, 0.15) is 5.56 Å². The van der Waals surface area contributed by atoms with E-state index in [1.54, 1.807) is 24.3 Å². The van der Waals surface area contributed by atoms with Gasteiger partial charge in [-0.2, -0.15) is 0 Å². The molecule has 0 saturated carbocycles. The smallest absolute Gasteiger partial charge is 0.329 e. The van der Waals surface area contributed by atoms with E-state index in [1.165, 1.54) is 12.3 Å². The van der Waals surface area contributed by atoms with Crippen molar-refractivity contribution in [2.45, 2.75) is 6.61 Å². The summed E-state index contributed by atoms with van der Waals surface area (Å²) in [5, 5.41) is 17.8. The van der Waals surface area contributed by atoms with E-state index in [4.69, 9.17) is 10.2 Å². The van der Waals surface area contributed by atoms with E-state index in [9.17, 15) is 9.59 Å². The molecule has 0 spiro atoms. The molecule has 0 aliphatic carbocycles. The van der Waals surface area contributed by atoms with E-state index in [1.807, 2.05) is 6.07 Å². The second kappa shape index (κ2) is 5.49. The Balaban J connectivity index is 2.44. The third kappa shape index (κ3) is 3.08. The maximum atomic E-state index is 11.5. The number of pyridine rings is 1. The molecule has 2 aromatic rings. The third-order valence-electron chi connectivity index (χ3n) is 2.63. The summed E-state index contributed by atoms with van der Waals surface area (Å²) < 4.78 is 1.02. The first kappa shape index (κ1) is 13.0. The minimum absolute atomic E-state index is 0.0747. The fraction of sp³-hybridized carbons (Fsp3) is 0.0714. The van der Waals surface area contributed by atoms with E-state index >= 15 is 0 Å². The molecule has 0 bridgehead atoms. The number of benzene rings is 1. The summed E-state index contributed by atoms with van der Waals surface area (Å²) in [4.78, 5) is 22.1. The molecule has 2 N–H and O–H groups in total. The highest BCUT2D eigenvalue weighted by Gasteiger charge is 2.06. The molecule has 19 heavy (non-hydrogen) atoms. The van der Waals surface area contributed by atoms with Gasteiger partial charge in [0.05, 0.1) is 6.61 Å². The van der Waals surface area contributed by atoms with Crippen LogP contribution in [-0.2, 0) is 11.4 Å². The summed E-state index contributed by atoms with van der Waals surface area (Å²) >= 11 is 0. The summed E-state index contributed by atoms with van der Waals surface area (Å²) in [6.45, 7) is 0.733. The number of hydrogen-bond donors (Lipinski definition) is 2. The highest BCUT2D eigenvalue weighted by molar-refractivity contribution is 5.76. The Bertz CT molecular complexity index is 660. The standard InChI is InChI=1S/C14H12NO4/c16-9-10-2-1-3-11(6-10)12-4-5-13(17)15(7-12)8-14(18)19/h1-8,16H,9H2,(H,18,19). The van der Waals surface area contributed by atoms with Crippen LogP contribution in [0, 0.1) is 6.54 Å². The molecule has 0 unspecified atom stereocenters. The van der Waals surface area contributed by atoms with Gasteiger partial charge in [0.1, 0.15) is 0 Å². The van der Waals surface area contributed by atoms with Crippen LogP contribution in [0.15, 0.2) is 47.4 Å². The fourth-order valence-corrected chi connectivity index (χ4v) is 1.74. The van der Waals surface area contributed by atoms with Gasteiger partial charge in [0.2, 0.25) is 0 Å². The van der Waals surface area contributed by atoms with E-state index < -0.39 is 11.5 Å². The van der Waals surface area contributed by atoms with Gasteiger partial charge in [-0.15, -0.1) is 0 Å². The topological polar surface area (TPSA) is 79.5 Å². The van der Waals surface area contributed by atoms with E-state index in [0.29, 0.717) is 5.56 Å². The first-order chi connectivity index (χ1) is 9.10. The number of aromatic nitrogens is 1. The van der Waals surface area contributed by atoms with E-state index in [-0.39, 0.29) is 6.61 Å². The van der Waals surface area contributed by atoms with Crippen molar-refractivity contribution in [1.29, 1.82) is 0 Å². The molecule has 0 fully saturated rings. The van der Waals surface area contributed by atoms with Crippen LogP contribution in [0.25, 0.3) is 11.1 Å². The Morgan fingerprint density at radius 3 is 2.68 bits per heavy atom. The molecule has 0 amide bonds. The van der Waals surface area contributed by atoms with Gasteiger partial charge in [0, 0.05) is 12.3 Å². The SMILES string of the molecule is O=C(O)[CH]n1cc(-c2cccc(CO)c2)ccc1=O. The average Bonchev–Trinajstić information content (AvgIpc) is 2.41. The van der Waals surface area contributed by atoms with Crippen molar-refractivity contribution < 1.29 is 15.0 Å². The molecule has 97 valence electrons. The first-order valence-electron chi connectivity index (χ1n) is 5.60. The van der Waals surface area contributed by atoms with Gasteiger partial charge in [-0.25, -0.2) is 4.79 Å². The number of aliphatic hydroxyl groups excluding tert-OH is 1. The van der Waals surface area contributed by atoms with Crippen molar-refractivity contribution in [2.75, 3.05) is 0 Å². The molecular formula is C14H12NO4. The lowest BCUT2D eigenvalue weighted by Gasteiger charge is -2.07. The Labute approximate surface area is 109 Å². The number of nitrogens with zero attached hydrogens (tertiary/aromatic N) is 1. The second-order valence-corrected chi connectivity index (χ2v) is 3.99. The quantitative estimate of drug-likeness (QED) is 0.860. The number of carboxylic acid groups (broad SMARTS) is 1. The van der Waals surface area contributed by atoms with Crippen LogP contribution in [0.5, 0.6) is 0 Å². The van der Waals surface area contributed by atoms with Crippen molar-refractivity contribution >= 4 is 5.97 Å². The van der Waals surface area contributed by atoms with E-state index in [0.717, 1.165) is 22.2 Å². The molecular weight excluding hydrogens is 246 g/mol. The van der Waals surface area contributed by atoms with Crippen LogP contribution in [-0.4, -0.2) is 20.7 Å². The summed E-state index contributed by atoms with van der Waals surface area (Å²) in [7, 11) is 0. The predicted molar refractivity (Wildman–Crippen MR) is 69.4 cm³/mol. The van der Waals surface area contributed by atoms with Gasteiger partial charge >= 0.3 is 5.97 Å². The van der Waals surface area contributed by atoms with E-state index in [2.05, 4.69) is 0 Å². The predicted octanol–water partition coefficient (Wildman–Crippen LogP) is 1.10. The Hall–Kier alpha value is -2.40. The molecule has 1 heterocycles. The lowest BCUT2D eigenvalue weighted by molar-refractivity contribution is -0.133. The van der Waals surface area contributed by atoms with Crippen LogP contribution >= 0.6 is 0 Å². The summed E-state index contributed by atoms with van der Waals surface area (Å²) in [6.07, 6.45) is 1.45. The fourth-order valence-electron chi connectivity index (χ4n) is 1.74. The normalized spacial score (nSPS) is 10.4. The highest BCUT2D eigenvalue weighted by atomic mass is 16.4. The minimum atomic E-state index is -1.19. The van der Waals surface area contributed by atoms with Gasteiger partial charge in [-0.3, -0.25) is 9.36 Å². The molecule has 1 aromatic carbocycles. The lowest BCUT2D eigenvalue weighted by Crippen LogP contribution is -2.20. The van der Waals surface area contributed by atoms with Crippen molar-refractivity contribution in [3.63, 3.8) is 0 Å². The molecule has 0 saturated heterocycles. The average molecular weight is 258 g/mol. The second-order valence-electron chi connectivity index (χ2n) is 3.99. The molecule has 0 atom stereocenters. The number of aliphatic carboxylic acids is 1. The van der Waals surface area contributed by atoms with Gasteiger partial charge in [-0.1, -0.05) is 18.2 Å². The first-order valence-corrected chi connectivity index (χ1v) is 5.60. The van der Waals surface area contributed by atoms with Crippen molar-refractivity contribution in [3.8, 4) is 11.1 Å². The van der Waals surface area contributed by atoms with Crippen LogP contribution in [0.2, 0.25) is 0 Å². The van der Waals surface area contributed by atoms with Crippen molar-refractivity contribution in [1.82, 2.24) is 4.57 Å². The monoisotopic (exact) mass is 258 g/mol. The van der Waals surface area contributed by atoms with Crippen molar-refractivity contribution in [2.24, 2.45) is 0 Å². The van der Waals surface area contributed by atoms with Gasteiger partial charge in [0.15, 0.2) is 6.54 Å². The molecule has 0 aliphatic rings. The van der Waals surface area contributed by atoms with Crippen LogP contribution < -0.4 is 5.56 Å². The maximum absolute atomic E-state index is 11.5. The third-order valence-corrected chi connectivity index (χ3v) is 2.63. The summed E-state index contributed by atoms with van der Waals surface area (Å²) in [6, 6.07) is 10.1. The van der Waals surface area contributed by atoms with Crippen LogP contribution in [0.4, 0.5) is 0 Å². The maximum Gasteiger partial charge on any atom is 0.329 e. The zero-order valence-electron chi connectivity index (χ0n) is 9.98. The van der Waals surface area contributed by atoms with Gasteiger partial charge < -0.3 is 10.2 Å². The van der Waals surface area contributed by atoms with Gasteiger partial charge in [0.25, 0.3) is 5.56 Å². The highest BCUT2D eigenvalue weighted by Crippen LogP contribution is 2.19. The number of carbonyl (C=O) groups is 1. The number of rotatable bonds is 4. The minimum Gasteiger partial charge on any atom is -0.480 e. The lowest BCUT2D eigenvalue weighted by atomic mass is 10.1. The zero-order valence-corrected chi connectivity index (χ0v) is 9.98. The molecule has 1 aromatic heterocycles. The summed E-state index contributed by atoms with van der Waals surface area (Å²) in [5.74, 6) is -1.19. The van der Waals surface area contributed by atoms with Crippen molar-refractivity contribution in [3.05, 3.63) is 65.1 Å².